The molecule has 94 valence electrons. The molecule has 0 atom stereocenters. The maximum atomic E-state index is 13.4. The Hall–Kier alpha value is -1.78. The van der Waals surface area contributed by atoms with Gasteiger partial charge in [0.05, 0.1) is 7.11 Å². The summed E-state index contributed by atoms with van der Waals surface area (Å²) in [6.07, 6.45) is -0.693. The van der Waals surface area contributed by atoms with Gasteiger partial charge >= 0.3 is 6.09 Å². The zero-order valence-electron chi connectivity index (χ0n) is 10.3. The quantitative estimate of drug-likeness (QED) is 0.866. The van der Waals surface area contributed by atoms with Crippen LogP contribution in [0.4, 0.5) is 9.18 Å². The van der Waals surface area contributed by atoms with Crippen LogP contribution in [-0.2, 0) is 0 Å². The lowest BCUT2D eigenvalue weighted by molar-refractivity contribution is 0.188. The Morgan fingerprint density at radius 2 is 2.00 bits per heavy atom. The summed E-state index contributed by atoms with van der Waals surface area (Å²) in [6, 6.07) is 4.01. The molecule has 0 radical (unpaired) electrons. The molecular formula is C12H16FNO3. The molecule has 0 fully saturated rings. The number of carbonyl (C=O) groups excluding carboxylic acids is 1. The average molecular weight is 241 g/mol. The number of amides is 1. The van der Waals surface area contributed by atoms with Gasteiger partial charge in [0, 0.05) is 11.6 Å². The number of carbonyl (C=O) groups is 1. The number of methoxy groups -OCH3 is 1. The van der Waals surface area contributed by atoms with Crippen LogP contribution in [0.25, 0.3) is 0 Å². The van der Waals surface area contributed by atoms with E-state index in [-0.39, 0.29) is 5.75 Å². The zero-order chi connectivity index (χ0) is 13.1. The fraction of sp³-hybridized carbons (Fsp3) is 0.417. The van der Waals surface area contributed by atoms with Crippen molar-refractivity contribution < 1.29 is 18.7 Å². The van der Waals surface area contributed by atoms with Gasteiger partial charge in [-0.15, -0.1) is 0 Å². The smallest absolute Gasteiger partial charge is 0.413 e. The van der Waals surface area contributed by atoms with Crippen LogP contribution in [-0.4, -0.2) is 18.7 Å². The Labute approximate surface area is 99.7 Å². The van der Waals surface area contributed by atoms with Gasteiger partial charge in [-0.2, -0.15) is 0 Å². The van der Waals surface area contributed by atoms with E-state index in [0.717, 1.165) is 6.07 Å². The molecule has 0 saturated carbocycles. The van der Waals surface area contributed by atoms with Gasteiger partial charge in [0.2, 0.25) is 0 Å². The normalized spacial score (nSPS) is 10.9. The molecule has 0 unspecified atom stereocenters. The van der Waals surface area contributed by atoms with Gasteiger partial charge in [-0.05, 0) is 32.9 Å². The van der Waals surface area contributed by atoms with Crippen LogP contribution in [0, 0.1) is 5.82 Å². The third kappa shape index (κ3) is 4.30. The molecule has 0 aliphatic rings. The van der Waals surface area contributed by atoms with Crippen LogP contribution in [0.5, 0.6) is 11.5 Å². The Morgan fingerprint density at radius 3 is 2.47 bits per heavy atom. The molecule has 0 heterocycles. The Kier molecular flexibility index (Phi) is 3.93. The van der Waals surface area contributed by atoms with Crippen molar-refractivity contribution in [2.24, 2.45) is 0 Å². The van der Waals surface area contributed by atoms with E-state index < -0.39 is 17.4 Å². The van der Waals surface area contributed by atoms with Gasteiger partial charge < -0.3 is 14.8 Å². The number of nitrogens with one attached hydrogen (secondary N) is 1. The van der Waals surface area contributed by atoms with Crippen LogP contribution in [0.15, 0.2) is 18.2 Å². The van der Waals surface area contributed by atoms with E-state index in [0.29, 0.717) is 5.75 Å². The summed E-state index contributed by atoms with van der Waals surface area (Å²) in [5, 5.41) is 2.56. The highest BCUT2D eigenvalue weighted by Crippen LogP contribution is 2.22. The van der Waals surface area contributed by atoms with Crippen LogP contribution in [0.2, 0.25) is 0 Å². The molecule has 0 saturated heterocycles. The van der Waals surface area contributed by atoms with Gasteiger partial charge in [-0.25, -0.2) is 9.18 Å². The van der Waals surface area contributed by atoms with Crippen LogP contribution in [0.3, 0.4) is 0 Å². The van der Waals surface area contributed by atoms with Crippen molar-refractivity contribution in [2.45, 2.75) is 26.3 Å². The van der Waals surface area contributed by atoms with E-state index in [9.17, 15) is 9.18 Å². The van der Waals surface area contributed by atoms with E-state index in [1.807, 2.05) is 0 Å². The first kappa shape index (κ1) is 13.3. The topological polar surface area (TPSA) is 47.6 Å². The molecule has 5 heteroatoms. The molecular weight excluding hydrogens is 225 g/mol. The van der Waals surface area contributed by atoms with Crippen molar-refractivity contribution >= 4 is 6.09 Å². The highest BCUT2D eigenvalue weighted by Gasteiger charge is 2.16. The maximum absolute atomic E-state index is 13.4. The third-order valence-electron chi connectivity index (χ3n) is 1.82. The number of hydrogen-bond donors (Lipinski definition) is 1. The summed E-state index contributed by atoms with van der Waals surface area (Å²) in [5.74, 6) is -0.410. The molecule has 0 aliphatic carbocycles. The predicted molar refractivity (Wildman–Crippen MR) is 61.9 cm³/mol. The van der Waals surface area contributed by atoms with Gasteiger partial charge in [0.15, 0.2) is 11.6 Å². The van der Waals surface area contributed by atoms with E-state index >= 15 is 0 Å². The van der Waals surface area contributed by atoms with Gasteiger partial charge in [-0.3, -0.25) is 0 Å². The van der Waals surface area contributed by atoms with E-state index in [4.69, 9.17) is 9.47 Å². The fourth-order valence-electron chi connectivity index (χ4n) is 1.12. The predicted octanol–water partition coefficient (Wildman–Crippen LogP) is 2.72. The van der Waals surface area contributed by atoms with Crippen molar-refractivity contribution in [2.75, 3.05) is 7.11 Å². The average Bonchev–Trinajstić information content (AvgIpc) is 2.18. The van der Waals surface area contributed by atoms with E-state index in [2.05, 4.69) is 5.32 Å². The minimum absolute atomic E-state index is 0.132. The third-order valence-corrected chi connectivity index (χ3v) is 1.82. The Bertz CT molecular complexity index is 413. The molecule has 0 aliphatic heterocycles. The van der Waals surface area contributed by atoms with Gasteiger partial charge in [0.1, 0.15) is 5.75 Å². The van der Waals surface area contributed by atoms with Crippen LogP contribution >= 0.6 is 0 Å². The molecule has 17 heavy (non-hydrogen) atoms. The number of benzene rings is 1. The standard InChI is InChI=1S/C12H16FNO3/c1-12(2,3)14-11(15)17-10-6-5-8(16-4)7-9(10)13/h5-7H,1-4H3,(H,14,15). The molecule has 0 aromatic heterocycles. The first-order valence-electron chi connectivity index (χ1n) is 5.15. The summed E-state index contributed by atoms with van der Waals surface area (Å²) in [4.78, 5) is 11.4. The largest absolute Gasteiger partial charge is 0.497 e. The molecule has 1 amide bonds. The monoisotopic (exact) mass is 241 g/mol. The molecule has 1 rings (SSSR count). The fourth-order valence-corrected chi connectivity index (χ4v) is 1.12. The SMILES string of the molecule is COc1ccc(OC(=O)NC(C)(C)C)c(F)c1. The summed E-state index contributed by atoms with van der Waals surface area (Å²) in [6.45, 7) is 5.41. The molecule has 0 bridgehead atoms. The molecule has 1 N–H and O–H groups in total. The van der Waals surface area contributed by atoms with Crippen LogP contribution < -0.4 is 14.8 Å². The maximum Gasteiger partial charge on any atom is 0.413 e. The van der Waals surface area contributed by atoms with E-state index in [1.165, 1.54) is 19.2 Å². The second-order valence-electron chi connectivity index (χ2n) is 4.56. The van der Waals surface area contributed by atoms with Crippen molar-refractivity contribution in [1.82, 2.24) is 5.32 Å². The van der Waals surface area contributed by atoms with Gasteiger partial charge in [0.25, 0.3) is 0 Å². The first-order chi connectivity index (χ1) is 7.81. The van der Waals surface area contributed by atoms with Crippen molar-refractivity contribution in [1.29, 1.82) is 0 Å². The number of ether oxygens (including phenoxy) is 2. The second kappa shape index (κ2) is 5.03. The second-order valence-corrected chi connectivity index (χ2v) is 4.56. The lowest BCUT2D eigenvalue weighted by Crippen LogP contribution is -2.42. The minimum atomic E-state index is -0.693. The molecule has 1 aromatic carbocycles. The summed E-state index contributed by atoms with van der Waals surface area (Å²) in [7, 11) is 1.43. The first-order valence-corrected chi connectivity index (χ1v) is 5.15. The summed E-state index contributed by atoms with van der Waals surface area (Å²) in [5.41, 5.74) is -0.431. The van der Waals surface area contributed by atoms with Gasteiger partial charge in [-0.1, -0.05) is 0 Å². The molecule has 0 spiro atoms. The zero-order valence-corrected chi connectivity index (χ0v) is 10.3. The lowest BCUT2D eigenvalue weighted by atomic mass is 10.1. The van der Waals surface area contributed by atoms with Crippen molar-refractivity contribution in [3.8, 4) is 11.5 Å². The highest BCUT2D eigenvalue weighted by molar-refractivity contribution is 5.71. The number of rotatable bonds is 2. The number of hydrogen-bond acceptors (Lipinski definition) is 3. The van der Waals surface area contributed by atoms with E-state index in [1.54, 1.807) is 20.8 Å². The van der Waals surface area contributed by atoms with Crippen LogP contribution in [0.1, 0.15) is 20.8 Å². The lowest BCUT2D eigenvalue weighted by Gasteiger charge is -2.19. The van der Waals surface area contributed by atoms with Crippen molar-refractivity contribution in [3.05, 3.63) is 24.0 Å². The number of halogens is 1. The van der Waals surface area contributed by atoms with Crippen molar-refractivity contribution in [3.63, 3.8) is 0 Å². The summed E-state index contributed by atoms with van der Waals surface area (Å²) >= 11 is 0. The Balaban J connectivity index is 2.72. The summed E-state index contributed by atoms with van der Waals surface area (Å²) < 4.78 is 23.1. The molecule has 1 aromatic rings. The highest BCUT2D eigenvalue weighted by atomic mass is 19.1. The minimum Gasteiger partial charge on any atom is -0.497 e. The molecule has 4 nitrogen and oxygen atoms in total. The Morgan fingerprint density at radius 1 is 1.35 bits per heavy atom.